The predicted molar refractivity (Wildman–Crippen MR) is 97.5 cm³/mol. The van der Waals surface area contributed by atoms with Gasteiger partial charge < -0.3 is 15.2 Å². The first-order chi connectivity index (χ1) is 11.3. The zero-order valence-corrected chi connectivity index (χ0v) is 14.9. The third-order valence-corrected chi connectivity index (χ3v) is 4.15. The van der Waals surface area contributed by atoms with Crippen molar-refractivity contribution in [3.8, 4) is 5.75 Å². The molecule has 2 aromatic carbocycles. The number of nitrogens with one attached hydrogen (secondary N) is 1. The fourth-order valence-corrected chi connectivity index (χ4v) is 2.64. The number of carbonyl (C=O) groups is 1. The highest BCUT2D eigenvalue weighted by Crippen LogP contribution is 2.23. The van der Waals surface area contributed by atoms with Gasteiger partial charge in [0.1, 0.15) is 11.8 Å². The van der Waals surface area contributed by atoms with Crippen molar-refractivity contribution < 1.29 is 14.6 Å². The Labute approximate surface area is 143 Å². The van der Waals surface area contributed by atoms with Gasteiger partial charge in [-0.15, -0.1) is 0 Å². The minimum atomic E-state index is -0.787. The van der Waals surface area contributed by atoms with E-state index in [0.717, 1.165) is 28.5 Å². The summed E-state index contributed by atoms with van der Waals surface area (Å²) >= 11 is 0. The molecule has 4 nitrogen and oxygen atoms in total. The molecular weight excluding hydrogens is 302 g/mol. The second-order valence-corrected chi connectivity index (χ2v) is 7.42. The largest absolute Gasteiger partial charge is 0.497 e. The van der Waals surface area contributed by atoms with Crippen molar-refractivity contribution in [1.29, 1.82) is 0 Å². The average molecular weight is 329 g/mol. The average Bonchev–Trinajstić information content (AvgIpc) is 2.52. The lowest BCUT2D eigenvalue weighted by molar-refractivity contribution is -0.139. The maximum absolute atomic E-state index is 11.4. The van der Waals surface area contributed by atoms with Crippen LogP contribution in [0, 0.1) is 5.41 Å². The summed E-state index contributed by atoms with van der Waals surface area (Å²) in [4.78, 5) is 11.4. The number of hydrogen-bond donors (Lipinski definition) is 2. The summed E-state index contributed by atoms with van der Waals surface area (Å²) in [7, 11) is 1.66. The summed E-state index contributed by atoms with van der Waals surface area (Å²) in [5, 5.41) is 14.8. The van der Waals surface area contributed by atoms with Crippen LogP contribution < -0.4 is 10.1 Å². The normalized spacial score (nSPS) is 13.0. The molecule has 0 aromatic heterocycles. The van der Waals surface area contributed by atoms with Gasteiger partial charge in [-0.2, -0.15) is 0 Å². The summed E-state index contributed by atoms with van der Waals surface area (Å²) in [6.45, 7) is 6.93. The molecule has 0 bridgehead atoms. The lowest BCUT2D eigenvalue weighted by Gasteiger charge is -2.21. The first-order valence-corrected chi connectivity index (χ1v) is 8.31. The smallest absolute Gasteiger partial charge is 0.320 e. The molecule has 0 fully saturated rings. The lowest BCUT2D eigenvalue weighted by Crippen LogP contribution is -2.37. The number of aliphatic carboxylic acids is 1. The van der Waals surface area contributed by atoms with Gasteiger partial charge >= 0.3 is 5.97 Å². The van der Waals surface area contributed by atoms with Crippen LogP contribution in [0.5, 0.6) is 5.75 Å². The van der Waals surface area contributed by atoms with Crippen LogP contribution in [0.3, 0.4) is 0 Å². The van der Waals surface area contributed by atoms with Gasteiger partial charge in [-0.05, 0) is 52.8 Å². The molecule has 1 atom stereocenters. The SMILES string of the molecule is COc1ccc2cc(CNC(CCC(C)(C)C)C(=O)O)ccc2c1. The molecule has 0 saturated carbocycles. The number of ether oxygens (including phenoxy) is 1. The molecule has 0 aliphatic heterocycles. The van der Waals surface area contributed by atoms with Gasteiger partial charge in [0.25, 0.3) is 0 Å². The molecule has 0 aliphatic carbocycles. The van der Waals surface area contributed by atoms with E-state index in [1.807, 2.05) is 30.3 Å². The number of methoxy groups -OCH3 is 1. The third-order valence-electron chi connectivity index (χ3n) is 4.15. The Morgan fingerprint density at radius 3 is 2.46 bits per heavy atom. The Balaban J connectivity index is 2.03. The lowest BCUT2D eigenvalue weighted by atomic mass is 9.88. The van der Waals surface area contributed by atoms with Crippen molar-refractivity contribution >= 4 is 16.7 Å². The minimum absolute atomic E-state index is 0.136. The second kappa shape index (κ2) is 7.67. The maximum Gasteiger partial charge on any atom is 0.320 e. The van der Waals surface area contributed by atoms with Crippen LogP contribution in [0.4, 0.5) is 0 Å². The van der Waals surface area contributed by atoms with Crippen LogP contribution in [-0.4, -0.2) is 24.2 Å². The molecule has 0 heterocycles. The van der Waals surface area contributed by atoms with E-state index in [9.17, 15) is 9.90 Å². The summed E-state index contributed by atoms with van der Waals surface area (Å²) < 4.78 is 5.23. The first kappa shape index (κ1) is 18.3. The zero-order valence-electron chi connectivity index (χ0n) is 14.9. The zero-order chi connectivity index (χ0) is 17.7. The van der Waals surface area contributed by atoms with Crippen LogP contribution in [0.1, 0.15) is 39.2 Å². The van der Waals surface area contributed by atoms with Gasteiger partial charge in [-0.3, -0.25) is 4.79 Å². The van der Waals surface area contributed by atoms with Crippen molar-refractivity contribution in [2.24, 2.45) is 5.41 Å². The third kappa shape index (κ3) is 5.24. The highest BCUT2D eigenvalue weighted by molar-refractivity contribution is 5.84. The molecular formula is C20H27NO3. The van der Waals surface area contributed by atoms with Gasteiger partial charge in [0.2, 0.25) is 0 Å². The van der Waals surface area contributed by atoms with Crippen molar-refractivity contribution in [2.75, 3.05) is 7.11 Å². The molecule has 2 N–H and O–H groups in total. The molecule has 4 heteroatoms. The highest BCUT2D eigenvalue weighted by atomic mass is 16.5. The van der Waals surface area contributed by atoms with Crippen LogP contribution in [0.2, 0.25) is 0 Å². The van der Waals surface area contributed by atoms with Gasteiger partial charge in [0.15, 0.2) is 0 Å². The predicted octanol–water partition coefficient (Wildman–Crippen LogP) is 4.22. The molecule has 24 heavy (non-hydrogen) atoms. The van der Waals surface area contributed by atoms with Crippen molar-refractivity contribution in [3.63, 3.8) is 0 Å². The number of carboxylic acids is 1. The molecule has 130 valence electrons. The van der Waals surface area contributed by atoms with E-state index in [1.54, 1.807) is 7.11 Å². The van der Waals surface area contributed by atoms with Crippen molar-refractivity contribution in [3.05, 3.63) is 42.0 Å². The topological polar surface area (TPSA) is 58.6 Å². The van der Waals surface area contributed by atoms with Gasteiger partial charge in [0.05, 0.1) is 7.11 Å². The molecule has 2 aromatic rings. The highest BCUT2D eigenvalue weighted by Gasteiger charge is 2.20. The minimum Gasteiger partial charge on any atom is -0.497 e. The van der Waals surface area contributed by atoms with Crippen LogP contribution in [0.15, 0.2) is 36.4 Å². The monoisotopic (exact) mass is 329 g/mol. The molecule has 1 unspecified atom stereocenters. The Morgan fingerprint density at radius 1 is 1.17 bits per heavy atom. The number of fused-ring (bicyclic) bond motifs is 1. The Morgan fingerprint density at radius 2 is 1.83 bits per heavy atom. The number of benzene rings is 2. The Hall–Kier alpha value is -2.07. The van der Waals surface area contributed by atoms with Crippen LogP contribution in [0.25, 0.3) is 10.8 Å². The summed E-state index contributed by atoms with van der Waals surface area (Å²) in [6, 6.07) is 11.6. The maximum atomic E-state index is 11.4. The number of hydrogen-bond acceptors (Lipinski definition) is 3. The van der Waals surface area contributed by atoms with Crippen LogP contribution >= 0.6 is 0 Å². The molecule has 0 aliphatic rings. The van der Waals surface area contributed by atoms with E-state index in [1.165, 1.54) is 0 Å². The molecule has 0 saturated heterocycles. The Kier molecular flexibility index (Phi) is 5.84. The fourth-order valence-electron chi connectivity index (χ4n) is 2.64. The molecule has 2 rings (SSSR count). The van der Waals surface area contributed by atoms with E-state index in [-0.39, 0.29) is 5.41 Å². The fraction of sp³-hybridized carbons (Fsp3) is 0.450. The number of rotatable bonds is 7. The summed E-state index contributed by atoms with van der Waals surface area (Å²) in [6.07, 6.45) is 1.50. The van der Waals surface area contributed by atoms with Crippen molar-refractivity contribution in [2.45, 2.75) is 46.2 Å². The van der Waals surface area contributed by atoms with Gasteiger partial charge in [-0.25, -0.2) is 0 Å². The van der Waals surface area contributed by atoms with E-state index < -0.39 is 12.0 Å². The van der Waals surface area contributed by atoms with Gasteiger partial charge in [-0.1, -0.05) is 39.0 Å². The quantitative estimate of drug-likeness (QED) is 0.798. The Bertz CT molecular complexity index is 704. The summed E-state index contributed by atoms with van der Waals surface area (Å²) in [5.74, 6) is 0.0475. The first-order valence-electron chi connectivity index (χ1n) is 8.31. The summed E-state index contributed by atoms with van der Waals surface area (Å²) in [5.41, 5.74) is 1.21. The van der Waals surface area contributed by atoms with Crippen LogP contribution in [-0.2, 0) is 11.3 Å². The van der Waals surface area contributed by atoms with Gasteiger partial charge in [0, 0.05) is 6.54 Å². The molecule has 0 radical (unpaired) electrons. The number of carboxylic acid groups (broad SMARTS) is 1. The molecule has 0 spiro atoms. The van der Waals surface area contributed by atoms with Crippen molar-refractivity contribution in [1.82, 2.24) is 5.32 Å². The second-order valence-electron chi connectivity index (χ2n) is 7.42. The molecule has 0 amide bonds. The standard InChI is InChI=1S/C20H27NO3/c1-20(2,3)10-9-18(19(22)23)21-13-14-5-6-16-12-17(24-4)8-7-15(16)11-14/h5-8,11-12,18,21H,9-10,13H2,1-4H3,(H,22,23). The van der Waals surface area contributed by atoms with E-state index in [4.69, 9.17) is 4.74 Å². The van der Waals surface area contributed by atoms with E-state index >= 15 is 0 Å². The van der Waals surface area contributed by atoms with E-state index in [2.05, 4.69) is 32.2 Å². The van der Waals surface area contributed by atoms with E-state index in [0.29, 0.717) is 13.0 Å².